The maximum absolute atomic E-state index is 11.7. The fourth-order valence-electron chi connectivity index (χ4n) is 2.74. The number of rotatable bonds is 9. The van der Waals surface area contributed by atoms with Crippen molar-refractivity contribution in [2.24, 2.45) is 4.99 Å². The molecular weight excluding hydrogens is 501 g/mol. The van der Waals surface area contributed by atoms with E-state index in [4.69, 9.17) is 4.74 Å². The van der Waals surface area contributed by atoms with Crippen LogP contribution in [0.1, 0.15) is 23.6 Å². The average molecular weight is 531 g/mol. The number of sulfone groups is 1. The van der Waals surface area contributed by atoms with Crippen molar-refractivity contribution >= 4 is 39.8 Å². The molecule has 0 saturated carbocycles. The lowest BCUT2D eigenvalue weighted by Gasteiger charge is -2.12. The molecule has 0 aliphatic rings. The smallest absolute Gasteiger partial charge is 0.191 e. The van der Waals surface area contributed by atoms with Crippen molar-refractivity contribution in [2.45, 2.75) is 31.9 Å². The molecule has 6 nitrogen and oxygen atoms in total. The van der Waals surface area contributed by atoms with Gasteiger partial charge < -0.3 is 15.4 Å². The highest BCUT2D eigenvalue weighted by Crippen LogP contribution is 2.17. The van der Waals surface area contributed by atoms with Crippen molar-refractivity contribution < 1.29 is 13.2 Å². The molecule has 0 aromatic heterocycles. The predicted molar refractivity (Wildman–Crippen MR) is 129 cm³/mol. The highest BCUT2D eigenvalue weighted by atomic mass is 127. The van der Waals surface area contributed by atoms with Gasteiger partial charge in [-0.25, -0.2) is 13.4 Å². The highest BCUT2D eigenvalue weighted by Gasteiger charge is 2.10. The molecule has 0 atom stereocenters. The van der Waals surface area contributed by atoms with E-state index in [0.29, 0.717) is 37.2 Å². The van der Waals surface area contributed by atoms with E-state index in [1.54, 1.807) is 19.1 Å². The molecule has 0 amide bonds. The lowest BCUT2D eigenvalue weighted by atomic mass is 10.1. The van der Waals surface area contributed by atoms with Crippen molar-refractivity contribution in [2.75, 3.05) is 26.0 Å². The van der Waals surface area contributed by atoms with Crippen molar-refractivity contribution in [3.63, 3.8) is 0 Å². The second-order valence-electron chi connectivity index (χ2n) is 6.53. The summed E-state index contributed by atoms with van der Waals surface area (Å²) in [5.74, 6) is 0.704. The van der Waals surface area contributed by atoms with Gasteiger partial charge in [-0.15, -0.1) is 24.0 Å². The van der Waals surface area contributed by atoms with Crippen LogP contribution in [0.2, 0.25) is 0 Å². The van der Waals surface area contributed by atoms with Crippen LogP contribution < -0.4 is 10.6 Å². The maximum atomic E-state index is 11.7. The summed E-state index contributed by atoms with van der Waals surface area (Å²) < 4.78 is 29.1. The van der Waals surface area contributed by atoms with E-state index in [9.17, 15) is 8.42 Å². The standard InChI is InChI=1S/C21H29N3O3S.HI/c1-4-22-21(23-12-13-27-16-18-8-6-5-7-9-18)24-15-19-10-11-20(17(2)14-19)28(3,25)26;/h5-11,14H,4,12-13,15-16H2,1-3H3,(H2,22,23,24);1H. The molecule has 0 spiro atoms. The van der Waals surface area contributed by atoms with Crippen LogP contribution in [0.4, 0.5) is 0 Å². The molecule has 0 fully saturated rings. The summed E-state index contributed by atoms with van der Waals surface area (Å²) in [5.41, 5.74) is 2.85. The third-order valence-electron chi connectivity index (χ3n) is 4.05. The summed E-state index contributed by atoms with van der Waals surface area (Å²) in [6, 6.07) is 15.4. The molecule has 160 valence electrons. The molecule has 0 heterocycles. The summed E-state index contributed by atoms with van der Waals surface area (Å²) in [5, 5.41) is 6.44. The maximum Gasteiger partial charge on any atom is 0.191 e. The molecule has 0 aliphatic carbocycles. The lowest BCUT2D eigenvalue weighted by Crippen LogP contribution is -2.38. The Bertz CT molecular complexity index is 887. The zero-order valence-corrected chi connectivity index (χ0v) is 20.3. The van der Waals surface area contributed by atoms with Gasteiger partial charge in [-0.05, 0) is 36.6 Å². The minimum absolute atomic E-state index is 0. The molecule has 8 heteroatoms. The van der Waals surface area contributed by atoms with Gasteiger partial charge in [-0.2, -0.15) is 0 Å². The fraction of sp³-hybridized carbons (Fsp3) is 0.381. The molecular formula is C21H30IN3O3S. The van der Waals surface area contributed by atoms with Gasteiger partial charge in [0.2, 0.25) is 0 Å². The molecule has 2 rings (SSSR count). The number of ether oxygens (including phenoxy) is 1. The van der Waals surface area contributed by atoms with E-state index < -0.39 is 9.84 Å². The molecule has 2 N–H and O–H groups in total. The summed E-state index contributed by atoms with van der Waals surface area (Å²) in [6.45, 7) is 6.83. The van der Waals surface area contributed by atoms with Gasteiger partial charge >= 0.3 is 0 Å². The van der Waals surface area contributed by atoms with Gasteiger partial charge in [-0.3, -0.25) is 0 Å². The SMILES string of the molecule is CCNC(=NCc1ccc(S(C)(=O)=O)c(C)c1)NCCOCc1ccccc1.I. The van der Waals surface area contributed by atoms with Crippen LogP contribution in [0, 0.1) is 6.92 Å². The fourth-order valence-corrected chi connectivity index (χ4v) is 3.70. The van der Waals surface area contributed by atoms with E-state index in [-0.39, 0.29) is 24.0 Å². The summed E-state index contributed by atoms with van der Waals surface area (Å²) in [7, 11) is -3.20. The number of halogens is 1. The molecule has 0 bridgehead atoms. The number of hydrogen-bond donors (Lipinski definition) is 2. The van der Waals surface area contributed by atoms with Gasteiger partial charge in [0.05, 0.1) is 24.7 Å². The first kappa shape index (κ1) is 25.4. The van der Waals surface area contributed by atoms with Crippen LogP contribution in [-0.4, -0.2) is 40.3 Å². The Balaban J connectivity index is 0.00000420. The first-order chi connectivity index (χ1) is 13.4. The predicted octanol–water partition coefficient (Wildman–Crippen LogP) is 3.29. The van der Waals surface area contributed by atoms with E-state index in [2.05, 4.69) is 15.6 Å². The number of aryl methyl sites for hydroxylation is 1. The molecule has 29 heavy (non-hydrogen) atoms. The number of guanidine groups is 1. The first-order valence-electron chi connectivity index (χ1n) is 9.33. The monoisotopic (exact) mass is 531 g/mol. The Kier molecular flexibility index (Phi) is 11.2. The topological polar surface area (TPSA) is 79.8 Å². The summed E-state index contributed by atoms with van der Waals surface area (Å²) in [6.07, 6.45) is 1.22. The Labute approximate surface area is 191 Å². The Morgan fingerprint density at radius 1 is 1.07 bits per heavy atom. The quantitative estimate of drug-likeness (QED) is 0.225. The number of hydrogen-bond acceptors (Lipinski definition) is 4. The van der Waals surface area contributed by atoms with Crippen molar-refractivity contribution in [3.05, 3.63) is 65.2 Å². The molecule has 0 unspecified atom stereocenters. The second-order valence-corrected chi connectivity index (χ2v) is 8.52. The Morgan fingerprint density at radius 3 is 2.41 bits per heavy atom. The minimum atomic E-state index is -3.20. The van der Waals surface area contributed by atoms with Crippen LogP contribution in [0.5, 0.6) is 0 Å². The van der Waals surface area contributed by atoms with E-state index in [1.807, 2.05) is 43.3 Å². The number of nitrogens with zero attached hydrogens (tertiary/aromatic N) is 1. The van der Waals surface area contributed by atoms with Gasteiger partial charge in [0, 0.05) is 19.3 Å². The van der Waals surface area contributed by atoms with Crippen LogP contribution in [-0.2, 0) is 27.7 Å². The molecule has 2 aromatic carbocycles. The van der Waals surface area contributed by atoms with Crippen molar-refractivity contribution in [3.8, 4) is 0 Å². The van der Waals surface area contributed by atoms with Crippen LogP contribution >= 0.6 is 24.0 Å². The summed E-state index contributed by atoms with van der Waals surface area (Å²) >= 11 is 0. The van der Waals surface area contributed by atoms with Gasteiger partial charge in [-0.1, -0.05) is 42.5 Å². The second kappa shape index (κ2) is 12.8. The number of nitrogens with one attached hydrogen (secondary N) is 2. The van der Waals surface area contributed by atoms with E-state index in [0.717, 1.165) is 23.2 Å². The van der Waals surface area contributed by atoms with E-state index in [1.165, 1.54) is 6.26 Å². The largest absolute Gasteiger partial charge is 0.375 e. The van der Waals surface area contributed by atoms with Gasteiger partial charge in [0.15, 0.2) is 15.8 Å². The molecule has 0 saturated heterocycles. The van der Waals surface area contributed by atoms with Crippen LogP contribution in [0.25, 0.3) is 0 Å². The number of benzene rings is 2. The highest BCUT2D eigenvalue weighted by molar-refractivity contribution is 14.0. The molecule has 0 radical (unpaired) electrons. The van der Waals surface area contributed by atoms with Gasteiger partial charge in [0.25, 0.3) is 0 Å². The third kappa shape index (κ3) is 9.14. The number of aliphatic imine (C=N–C) groups is 1. The third-order valence-corrected chi connectivity index (χ3v) is 5.31. The minimum Gasteiger partial charge on any atom is -0.375 e. The van der Waals surface area contributed by atoms with Crippen molar-refractivity contribution in [1.29, 1.82) is 0 Å². The van der Waals surface area contributed by atoms with E-state index >= 15 is 0 Å². The zero-order valence-electron chi connectivity index (χ0n) is 17.1. The average Bonchev–Trinajstić information content (AvgIpc) is 2.65. The summed E-state index contributed by atoms with van der Waals surface area (Å²) in [4.78, 5) is 4.92. The van der Waals surface area contributed by atoms with Gasteiger partial charge in [0.1, 0.15) is 0 Å². The molecule has 2 aromatic rings. The van der Waals surface area contributed by atoms with Crippen LogP contribution in [0.15, 0.2) is 58.4 Å². The first-order valence-corrected chi connectivity index (χ1v) is 11.2. The normalized spacial score (nSPS) is 11.6. The Hall–Kier alpha value is -1.65. The molecule has 0 aliphatic heterocycles. The Morgan fingerprint density at radius 2 is 1.79 bits per heavy atom. The van der Waals surface area contributed by atoms with Crippen LogP contribution in [0.3, 0.4) is 0 Å². The zero-order chi connectivity index (χ0) is 20.4. The lowest BCUT2D eigenvalue weighted by molar-refractivity contribution is 0.125. The van der Waals surface area contributed by atoms with Crippen molar-refractivity contribution in [1.82, 2.24) is 10.6 Å².